The molecule has 2 aromatic heterocycles. The molecule has 1 N–H and O–H groups in total. The van der Waals surface area contributed by atoms with Gasteiger partial charge < -0.3 is 9.72 Å². The summed E-state index contributed by atoms with van der Waals surface area (Å²) in [4.78, 5) is 3.90. The van der Waals surface area contributed by atoms with Gasteiger partial charge in [0.2, 0.25) is 0 Å². The number of aromatic amines is 1. The van der Waals surface area contributed by atoms with Crippen LogP contribution in [0.5, 0.6) is 11.5 Å². The van der Waals surface area contributed by atoms with E-state index in [1.54, 1.807) is 0 Å². The molecule has 0 saturated heterocycles. The Hall–Kier alpha value is -4.86. The Bertz CT molecular complexity index is 2330. The first kappa shape index (κ1) is 21.0. The Labute approximate surface area is 234 Å². The fourth-order valence-electron chi connectivity index (χ4n) is 7.53. The van der Waals surface area contributed by atoms with Gasteiger partial charge in [0.1, 0.15) is 11.5 Å². The topological polar surface area (TPSA) is 25.0 Å². The van der Waals surface area contributed by atoms with Gasteiger partial charge in [-0.1, -0.05) is 91.0 Å². The van der Waals surface area contributed by atoms with Crippen LogP contribution in [0, 0.1) is 0 Å². The molecule has 6 aromatic carbocycles. The average molecular weight is 528 g/mol. The maximum atomic E-state index is 6.49. The number of ether oxygens (including phenoxy) is 1. The van der Waals surface area contributed by atoms with Crippen LogP contribution in [0.4, 0.5) is 0 Å². The van der Waals surface area contributed by atoms with Crippen molar-refractivity contribution in [3.8, 4) is 22.6 Å². The molecule has 0 radical (unpaired) electrons. The highest BCUT2D eigenvalue weighted by Crippen LogP contribution is 2.63. The van der Waals surface area contributed by atoms with Crippen LogP contribution in [0.25, 0.3) is 53.1 Å². The van der Waals surface area contributed by atoms with Crippen molar-refractivity contribution >= 4 is 53.3 Å². The summed E-state index contributed by atoms with van der Waals surface area (Å²) in [6, 6.07) is 44.2. The zero-order valence-corrected chi connectivity index (χ0v) is 22.2. The van der Waals surface area contributed by atoms with Crippen molar-refractivity contribution in [2.75, 3.05) is 0 Å². The van der Waals surface area contributed by atoms with Gasteiger partial charge >= 0.3 is 0 Å². The van der Waals surface area contributed by atoms with Gasteiger partial charge in [-0.15, -0.1) is 11.3 Å². The summed E-state index contributed by atoms with van der Waals surface area (Å²) >= 11 is 1.87. The smallest absolute Gasteiger partial charge is 0.132 e. The summed E-state index contributed by atoms with van der Waals surface area (Å²) < 4.78 is 9.15. The van der Waals surface area contributed by atoms with Crippen LogP contribution in [-0.4, -0.2) is 4.98 Å². The number of benzene rings is 6. The van der Waals surface area contributed by atoms with Crippen molar-refractivity contribution < 1.29 is 4.74 Å². The number of thiophene rings is 1. The second-order valence-electron chi connectivity index (χ2n) is 10.9. The van der Waals surface area contributed by atoms with Crippen LogP contribution in [0.2, 0.25) is 0 Å². The number of fused-ring (bicyclic) bond motifs is 16. The Morgan fingerprint density at radius 3 is 2.05 bits per heavy atom. The van der Waals surface area contributed by atoms with E-state index in [-0.39, 0.29) is 0 Å². The molecule has 0 saturated carbocycles. The third kappa shape index (κ3) is 2.37. The fourth-order valence-corrected chi connectivity index (χ4v) is 8.66. The summed E-state index contributed by atoms with van der Waals surface area (Å²) in [6.07, 6.45) is 0. The molecule has 186 valence electrons. The molecule has 10 rings (SSSR count). The maximum Gasteiger partial charge on any atom is 0.132 e. The normalized spacial score (nSPS) is 14.4. The van der Waals surface area contributed by atoms with E-state index in [0.717, 1.165) is 11.5 Å². The quantitative estimate of drug-likeness (QED) is 0.208. The number of H-pyrrole nitrogens is 1. The SMILES string of the molecule is c1ccc2c(c1)Oc1ccccc1C21c2ccccc2-c2c1ccc1c2[nH]c2cc3sc4ccccc4c3cc21. The Morgan fingerprint density at radius 1 is 0.525 bits per heavy atom. The van der Waals surface area contributed by atoms with E-state index >= 15 is 0 Å². The molecule has 0 unspecified atom stereocenters. The molecule has 8 aromatic rings. The molecule has 40 heavy (non-hydrogen) atoms. The summed E-state index contributed by atoms with van der Waals surface area (Å²) in [5, 5.41) is 5.21. The van der Waals surface area contributed by atoms with Crippen molar-refractivity contribution in [3.63, 3.8) is 0 Å². The van der Waals surface area contributed by atoms with Crippen LogP contribution in [0.15, 0.2) is 121 Å². The lowest BCUT2D eigenvalue weighted by Crippen LogP contribution is -2.32. The van der Waals surface area contributed by atoms with Gasteiger partial charge in [-0.25, -0.2) is 0 Å². The molecule has 0 bridgehead atoms. The summed E-state index contributed by atoms with van der Waals surface area (Å²) in [5.74, 6) is 1.85. The zero-order chi connectivity index (χ0) is 26.0. The van der Waals surface area contributed by atoms with Gasteiger partial charge in [0.25, 0.3) is 0 Å². The molecule has 0 amide bonds. The molecule has 0 fully saturated rings. The highest BCUT2D eigenvalue weighted by atomic mass is 32.1. The first-order chi connectivity index (χ1) is 19.8. The number of hydrogen-bond acceptors (Lipinski definition) is 2. The molecule has 3 heteroatoms. The predicted molar refractivity (Wildman–Crippen MR) is 166 cm³/mol. The minimum absolute atomic E-state index is 0.445. The monoisotopic (exact) mass is 527 g/mol. The van der Waals surface area contributed by atoms with Gasteiger partial charge in [-0.3, -0.25) is 0 Å². The number of rotatable bonds is 0. The van der Waals surface area contributed by atoms with Crippen molar-refractivity contribution in [1.82, 2.24) is 4.98 Å². The molecule has 2 aliphatic rings. The average Bonchev–Trinajstić information content (AvgIpc) is 3.64. The van der Waals surface area contributed by atoms with Crippen molar-refractivity contribution in [2.24, 2.45) is 0 Å². The van der Waals surface area contributed by atoms with Gasteiger partial charge in [0.15, 0.2) is 0 Å². The third-order valence-electron chi connectivity index (χ3n) is 9.08. The predicted octanol–water partition coefficient (Wildman–Crippen LogP) is 10.2. The lowest BCUT2D eigenvalue weighted by atomic mass is 9.66. The van der Waals surface area contributed by atoms with Crippen molar-refractivity contribution in [2.45, 2.75) is 5.41 Å². The second-order valence-corrected chi connectivity index (χ2v) is 12.0. The molecule has 3 heterocycles. The fraction of sp³-hybridized carbons (Fsp3) is 0.0270. The van der Waals surface area contributed by atoms with Crippen LogP contribution in [-0.2, 0) is 5.41 Å². The number of hydrogen-bond donors (Lipinski definition) is 1. The van der Waals surface area contributed by atoms with Gasteiger partial charge in [-0.2, -0.15) is 0 Å². The maximum absolute atomic E-state index is 6.49. The Balaban J connectivity index is 1.37. The largest absolute Gasteiger partial charge is 0.457 e. The summed E-state index contributed by atoms with van der Waals surface area (Å²) in [6.45, 7) is 0. The van der Waals surface area contributed by atoms with Crippen molar-refractivity contribution in [1.29, 1.82) is 0 Å². The Morgan fingerprint density at radius 2 is 1.23 bits per heavy atom. The highest BCUT2D eigenvalue weighted by Gasteiger charge is 2.51. The number of para-hydroxylation sites is 2. The lowest BCUT2D eigenvalue weighted by Gasteiger charge is -2.39. The lowest BCUT2D eigenvalue weighted by molar-refractivity contribution is 0.436. The van der Waals surface area contributed by atoms with E-state index in [0.29, 0.717) is 0 Å². The second kappa shape index (κ2) is 7.20. The van der Waals surface area contributed by atoms with Gasteiger partial charge in [0.05, 0.1) is 10.9 Å². The van der Waals surface area contributed by atoms with E-state index < -0.39 is 5.41 Å². The summed E-state index contributed by atoms with van der Waals surface area (Å²) in [5.41, 5.74) is 9.55. The molecule has 1 aliphatic carbocycles. The molecule has 0 atom stereocenters. The van der Waals surface area contributed by atoms with Crippen molar-refractivity contribution in [3.05, 3.63) is 144 Å². The molecular weight excluding hydrogens is 506 g/mol. The van der Waals surface area contributed by atoms with E-state index in [4.69, 9.17) is 4.74 Å². The first-order valence-electron chi connectivity index (χ1n) is 13.7. The number of nitrogens with one attached hydrogen (secondary N) is 1. The number of aromatic nitrogens is 1. The third-order valence-corrected chi connectivity index (χ3v) is 10.2. The van der Waals surface area contributed by atoms with Crippen LogP contribution >= 0.6 is 11.3 Å². The minimum atomic E-state index is -0.445. The van der Waals surface area contributed by atoms with Crippen LogP contribution in [0.1, 0.15) is 22.3 Å². The van der Waals surface area contributed by atoms with Crippen LogP contribution in [0.3, 0.4) is 0 Å². The highest BCUT2D eigenvalue weighted by molar-refractivity contribution is 7.25. The van der Waals surface area contributed by atoms with E-state index in [1.165, 1.54) is 75.4 Å². The minimum Gasteiger partial charge on any atom is -0.457 e. The van der Waals surface area contributed by atoms with Gasteiger partial charge in [-0.05, 0) is 47.0 Å². The standard InChI is InChI=1S/C37H21NOS/c1-3-11-26-23(10-1)35-29(37(26)27-12-4-6-14-31(27)39-32-15-7-5-13-28(32)37)18-17-22-24-19-25-21-9-2-8-16-33(21)40-34(25)20-30(24)38-36(22)35/h1-20,38H. The zero-order valence-electron chi connectivity index (χ0n) is 21.4. The van der Waals surface area contributed by atoms with E-state index in [2.05, 4.69) is 126 Å². The van der Waals surface area contributed by atoms with Gasteiger partial charge in [0, 0.05) is 53.2 Å². The first-order valence-corrected chi connectivity index (χ1v) is 14.5. The van der Waals surface area contributed by atoms with E-state index in [9.17, 15) is 0 Å². The van der Waals surface area contributed by atoms with E-state index in [1.807, 2.05) is 11.3 Å². The molecular formula is C37H21NOS. The summed E-state index contributed by atoms with van der Waals surface area (Å²) in [7, 11) is 0. The molecule has 1 spiro atoms. The van der Waals surface area contributed by atoms with Crippen LogP contribution < -0.4 is 4.74 Å². The molecule has 1 aliphatic heterocycles. The Kier molecular flexibility index (Phi) is 3.79. The molecule has 2 nitrogen and oxygen atoms in total.